The molecule has 1 aliphatic heterocycles. The van der Waals surface area contributed by atoms with Crippen molar-refractivity contribution in [3.63, 3.8) is 0 Å². The summed E-state index contributed by atoms with van der Waals surface area (Å²) in [5.74, 6) is 1.56. The molecule has 1 unspecified atom stereocenters. The average molecular weight is 328 g/mol. The van der Waals surface area contributed by atoms with Crippen molar-refractivity contribution >= 4 is 0 Å². The fourth-order valence-electron chi connectivity index (χ4n) is 2.82. The minimum atomic E-state index is 0.186. The van der Waals surface area contributed by atoms with E-state index in [-0.39, 0.29) is 6.10 Å². The number of hydrogen-bond donors (Lipinski definition) is 1. The molecule has 5 nitrogen and oxygen atoms in total. The Bertz CT molecular complexity index is 628. The summed E-state index contributed by atoms with van der Waals surface area (Å²) < 4.78 is 17.1. The van der Waals surface area contributed by atoms with Crippen LogP contribution in [0.5, 0.6) is 11.5 Å². The number of nitrogens with zero attached hydrogens (tertiary/aromatic N) is 1. The molecule has 1 N–H and O–H groups in total. The van der Waals surface area contributed by atoms with Gasteiger partial charge in [-0.15, -0.1) is 0 Å². The van der Waals surface area contributed by atoms with Crippen LogP contribution in [0.4, 0.5) is 0 Å². The lowest BCUT2D eigenvalue weighted by Gasteiger charge is -2.17. The SMILES string of the molecule is COc1cccc(CNCc2cccnc2)c1OCC1CCCO1. The van der Waals surface area contributed by atoms with E-state index in [0.717, 1.165) is 48.6 Å². The van der Waals surface area contributed by atoms with Crippen LogP contribution < -0.4 is 14.8 Å². The van der Waals surface area contributed by atoms with Gasteiger partial charge < -0.3 is 19.5 Å². The van der Waals surface area contributed by atoms with Crippen molar-refractivity contribution in [3.8, 4) is 11.5 Å². The van der Waals surface area contributed by atoms with Gasteiger partial charge in [0.1, 0.15) is 6.61 Å². The van der Waals surface area contributed by atoms with Crippen LogP contribution in [0.2, 0.25) is 0 Å². The zero-order valence-corrected chi connectivity index (χ0v) is 14.0. The van der Waals surface area contributed by atoms with Crippen molar-refractivity contribution in [2.75, 3.05) is 20.3 Å². The highest BCUT2D eigenvalue weighted by atomic mass is 16.5. The molecule has 1 saturated heterocycles. The lowest BCUT2D eigenvalue weighted by Crippen LogP contribution is -2.19. The van der Waals surface area contributed by atoms with Gasteiger partial charge in [-0.25, -0.2) is 0 Å². The van der Waals surface area contributed by atoms with Crippen molar-refractivity contribution in [2.45, 2.75) is 32.0 Å². The summed E-state index contributed by atoms with van der Waals surface area (Å²) >= 11 is 0. The molecule has 0 saturated carbocycles. The molecule has 0 aliphatic carbocycles. The minimum absolute atomic E-state index is 0.186. The number of benzene rings is 1. The van der Waals surface area contributed by atoms with E-state index < -0.39 is 0 Å². The Balaban J connectivity index is 1.62. The Morgan fingerprint density at radius 2 is 2.21 bits per heavy atom. The van der Waals surface area contributed by atoms with Gasteiger partial charge in [-0.05, 0) is 30.5 Å². The summed E-state index contributed by atoms with van der Waals surface area (Å²) in [6.07, 6.45) is 6.00. The van der Waals surface area contributed by atoms with Crippen molar-refractivity contribution in [1.82, 2.24) is 10.3 Å². The number of rotatable bonds is 8. The number of ether oxygens (including phenoxy) is 3. The second-order valence-corrected chi connectivity index (χ2v) is 5.86. The first kappa shape index (κ1) is 16.7. The fourth-order valence-corrected chi connectivity index (χ4v) is 2.82. The van der Waals surface area contributed by atoms with E-state index in [1.807, 2.05) is 24.4 Å². The van der Waals surface area contributed by atoms with Crippen molar-refractivity contribution in [1.29, 1.82) is 0 Å². The Kier molecular flexibility index (Phi) is 6.04. The number of methoxy groups -OCH3 is 1. The van der Waals surface area contributed by atoms with Crippen molar-refractivity contribution < 1.29 is 14.2 Å². The summed E-state index contributed by atoms with van der Waals surface area (Å²) in [5, 5.41) is 3.43. The van der Waals surface area contributed by atoms with Gasteiger partial charge in [0.25, 0.3) is 0 Å². The first-order chi connectivity index (χ1) is 11.9. The maximum atomic E-state index is 6.04. The highest BCUT2D eigenvalue weighted by molar-refractivity contribution is 5.46. The van der Waals surface area contributed by atoms with Crippen LogP contribution in [0.15, 0.2) is 42.7 Å². The summed E-state index contributed by atoms with van der Waals surface area (Å²) in [7, 11) is 1.67. The Morgan fingerprint density at radius 1 is 1.25 bits per heavy atom. The number of aromatic nitrogens is 1. The van der Waals surface area contributed by atoms with Crippen LogP contribution in [0.1, 0.15) is 24.0 Å². The summed E-state index contributed by atoms with van der Waals surface area (Å²) in [6.45, 7) is 2.86. The van der Waals surface area contributed by atoms with E-state index in [4.69, 9.17) is 14.2 Å². The molecule has 2 aromatic rings. The molecular formula is C19H24N2O3. The average Bonchev–Trinajstić information content (AvgIpc) is 3.15. The molecule has 5 heteroatoms. The maximum Gasteiger partial charge on any atom is 0.165 e. The number of para-hydroxylation sites is 1. The quantitative estimate of drug-likeness (QED) is 0.807. The van der Waals surface area contributed by atoms with Crippen molar-refractivity contribution in [3.05, 3.63) is 53.9 Å². The largest absolute Gasteiger partial charge is 0.493 e. The van der Waals surface area contributed by atoms with Gasteiger partial charge in [0.2, 0.25) is 0 Å². The summed E-state index contributed by atoms with van der Waals surface area (Å²) in [4.78, 5) is 4.13. The number of nitrogens with one attached hydrogen (secondary N) is 1. The standard InChI is InChI=1S/C19H24N2O3/c1-22-18-8-2-6-16(13-21-12-15-5-3-9-20-11-15)19(18)24-14-17-7-4-10-23-17/h2-3,5-6,8-9,11,17,21H,4,7,10,12-14H2,1H3. The molecule has 0 spiro atoms. The normalized spacial score (nSPS) is 17.0. The molecule has 1 aromatic heterocycles. The van der Waals surface area contributed by atoms with E-state index in [2.05, 4.69) is 22.4 Å². The van der Waals surface area contributed by atoms with Crippen LogP contribution in [0.3, 0.4) is 0 Å². The second kappa shape index (κ2) is 8.66. The lowest BCUT2D eigenvalue weighted by molar-refractivity contribution is 0.0666. The van der Waals surface area contributed by atoms with Crippen molar-refractivity contribution in [2.24, 2.45) is 0 Å². The van der Waals surface area contributed by atoms with Crippen LogP contribution in [-0.2, 0) is 17.8 Å². The van der Waals surface area contributed by atoms with E-state index in [0.29, 0.717) is 13.2 Å². The molecular weight excluding hydrogens is 304 g/mol. The molecule has 0 radical (unpaired) electrons. The van der Waals surface area contributed by atoms with Gasteiger partial charge in [0.15, 0.2) is 11.5 Å². The predicted molar refractivity (Wildman–Crippen MR) is 92.2 cm³/mol. The molecule has 1 aliphatic rings. The van der Waals surface area contributed by atoms with Crippen LogP contribution in [0, 0.1) is 0 Å². The van der Waals surface area contributed by atoms with E-state index >= 15 is 0 Å². The predicted octanol–water partition coefficient (Wildman–Crippen LogP) is 2.94. The second-order valence-electron chi connectivity index (χ2n) is 5.86. The van der Waals surface area contributed by atoms with Gasteiger partial charge in [-0.2, -0.15) is 0 Å². The smallest absolute Gasteiger partial charge is 0.165 e. The number of hydrogen-bond acceptors (Lipinski definition) is 5. The zero-order chi connectivity index (χ0) is 16.6. The monoisotopic (exact) mass is 328 g/mol. The highest BCUT2D eigenvalue weighted by Gasteiger charge is 2.18. The molecule has 0 bridgehead atoms. The third-order valence-electron chi connectivity index (χ3n) is 4.09. The minimum Gasteiger partial charge on any atom is -0.493 e. The molecule has 1 fully saturated rings. The molecule has 128 valence electrons. The van der Waals surface area contributed by atoms with E-state index in [1.165, 1.54) is 0 Å². The van der Waals surface area contributed by atoms with Gasteiger partial charge in [-0.1, -0.05) is 18.2 Å². The van der Waals surface area contributed by atoms with Crippen LogP contribution in [0.25, 0.3) is 0 Å². The first-order valence-electron chi connectivity index (χ1n) is 8.36. The summed E-state index contributed by atoms with van der Waals surface area (Å²) in [5.41, 5.74) is 2.23. The van der Waals surface area contributed by atoms with Gasteiger partial charge in [0.05, 0.1) is 13.2 Å². The van der Waals surface area contributed by atoms with Gasteiger partial charge in [0, 0.05) is 37.7 Å². The highest BCUT2D eigenvalue weighted by Crippen LogP contribution is 2.31. The molecule has 1 aromatic carbocycles. The third-order valence-corrected chi connectivity index (χ3v) is 4.09. The van der Waals surface area contributed by atoms with Crippen LogP contribution in [-0.4, -0.2) is 31.4 Å². The Labute approximate surface area is 143 Å². The molecule has 0 amide bonds. The summed E-state index contributed by atoms with van der Waals surface area (Å²) in [6, 6.07) is 9.97. The molecule has 24 heavy (non-hydrogen) atoms. The molecule has 3 rings (SSSR count). The first-order valence-corrected chi connectivity index (χ1v) is 8.36. The van der Waals surface area contributed by atoms with E-state index in [1.54, 1.807) is 13.3 Å². The van der Waals surface area contributed by atoms with Crippen LogP contribution >= 0.6 is 0 Å². The van der Waals surface area contributed by atoms with E-state index in [9.17, 15) is 0 Å². The third kappa shape index (κ3) is 4.46. The van der Waals surface area contributed by atoms with Gasteiger partial charge in [-0.3, -0.25) is 4.98 Å². The molecule has 2 heterocycles. The topological polar surface area (TPSA) is 52.6 Å². The van der Waals surface area contributed by atoms with Gasteiger partial charge >= 0.3 is 0 Å². The Morgan fingerprint density at radius 3 is 2.96 bits per heavy atom. The fraction of sp³-hybridized carbons (Fsp3) is 0.421. The zero-order valence-electron chi connectivity index (χ0n) is 14.0. The maximum absolute atomic E-state index is 6.04. The lowest BCUT2D eigenvalue weighted by atomic mass is 10.1. The number of pyridine rings is 1. The molecule has 1 atom stereocenters. The Hall–Kier alpha value is -2.11.